The van der Waals surface area contributed by atoms with Gasteiger partial charge in [0.05, 0.1) is 5.69 Å². The number of hydrogen-bond donors (Lipinski definition) is 1. The Morgan fingerprint density at radius 3 is 3.13 bits per heavy atom. The molecule has 2 aromatic rings. The van der Waals surface area contributed by atoms with Gasteiger partial charge < -0.3 is 9.88 Å². The van der Waals surface area contributed by atoms with Gasteiger partial charge in [0.15, 0.2) is 5.13 Å². The molecule has 0 saturated carbocycles. The van der Waals surface area contributed by atoms with Crippen LogP contribution in [0.15, 0.2) is 17.8 Å². The average molecular weight is 333 g/mol. The topological polar surface area (TPSA) is 63.1 Å². The molecule has 1 atom stereocenters. The fourth-order valence-electron chi connectivity index (χ4n) is 3.13. The first kappa shape index (κ1) is 16.1. The lowest BCUT2D eigenvalue weighted by atomic mass is 9.94. The fourth-order valence-corrected chi connectivity index (χ4v) is 3.88. The Hall–Kier alpha value is -1.73. The third kappa shape index (κ3) is 4.39. The van der Waals surface area contributed by atoms with Crippen molar-refractivity contribution in [3.8, 4) is 0 Å². The largest absolute Gasteiger partial charge is 0.338 e. The zero-order valence-corrected chi connectivity index (χ0v) is 14.5. The Balaban J connectivity index is 1.55. The van der Waals surface area contributed by atoms with Gasteiger partial charge >= 0.3 is 0 Å². The maximum absolute atomic E-state index is 11.1. The summed E-state index contributed by atoms with van der Waals surface area (Å²) in [6, 6.07) is 0. The Kier molecular flexibility index (Phi) is 5.07. The number of carbonyl (C=O) groups excluding carboxylic acids is 1. The number of carbonyl (C=O) groups is 1. The van der Waals surface area contributed by atoms with Crippen molar-refractivity contribution in [3.05, 3.63) is 29.3 Å². The van der Waals surface area contributed by atoms with E-state index >= 15 is 0 Å². The van der Waals surface area contributed by atoms with Crippen molar-refractivity contribution in [2.75, 3.05) is 18.4 Å². The molecule has 1 unspecified atom stereocenters. The summed E-state index contributed by atoms with van der Waals surface area (Å²) < 4.78 is 2.11. The second-order valence-electron chi connectivity index (χ2n) is 6.23. The van der Waals surface area contributed by atoms with Crippen molar-refractivity contribution in [2.45, 2.75) is 32.7 Å². The normalized spacial score (nSPS) is 19.0. The lowest BCUT2D eigenvalue weighted by Gasteiger charge is -2.32. The Morgan fingerprint density at radius 1 is 1.52 bits per heavy atom. The van der Waals surface area contributed by atoms with E-state index in [1.165, 1.54) is 36.9 Å². The van der Waals surface area contributed by atoms with Crippen molar-refractivity contribution in [3.63, 3.8) is 0 Å². The van der Waals surface area contributed by atoms with E-state index in [4.69, 9.17) is 0 Å². The first-order valence-electron chi connectivity index (χ1n) is 8.00. The lowest BCUT2D eigenvalue weighted by Crippen LogP contribution is -2.36. The number of likely N-dealkylation sites (tertiary alicyclic amines) is 1. The second-order valence-corrected chi connectivity index (χ2v) is 7.09. The van der Waals surface area contributed by atoms with Crippen molar-refractivity contribution in [2.24, 2.45) is 13.0 Å². The second kappa shape index (κ2) is 7.23. The molecule has 1 saturated heterocycles. The van der Waals surface area contributed by atoms with Gasteiger partial charge in [0, 0.05) is 51.3 Å². The number of thiazole rings is 1. The highest BCUT2D eigenvalue weighted by Crippen LogP contribution is 2.23. The van der Waals surface area contributed by atoms with E-state index in [0.717, 1.165) is 31.7 Å². The third-order valence-corrected chi connectivity index (χ3v) is 5.02. The number of hydrogen-bond acceptors (Lipinski definition) is 5. The van der Waals surface area contributed by atoms with Crippen LogP contribution in [0.2, 0.25) is 0 Å². The summed E-state index contributed by atoms with van der Waals surface area (Å²) in [6.45, 7) is 4.56. The predicted molar refractivity (Wildman–Crippen MR) is 91.3 cm³/mol. The molecule has 0 spiro atoms. The van der Waals surface area contributed by atoms with E-state index in [1.54, 1.807) is 0 Å². The van der Waals surface area contributed by atoms with Gasteiger partial charge in [-0.3, -0.25) is 9.69 Å². The maximum Gasteiger partial charge on any atom is 0.223 e. The molecule has 1 aliphatic rings. The molecule has 1 fully saturated rings. The molecular weight excluding hydrogens is 310 g/mol. The van der Waals surface area contributed by atoms with E-state index < -0.39 is 0 Å². The molecule has 1 amide bonds. The number of aryl methyl sites for hydroxylation is 1. The summed E-state index contributed by atoms with van der Waals surface area (Å²) in [5.74, 6) is 1.75. The van der Waals surface area contributed by atoms with E-state index in [1.807, 2.05) is 17.8 Å². The molecule has 124 valence electrons. The molecular formula is C16H23N5OS. The van der Waals surface area contributed by atoms with Crippen molar-refractivity contribution in [1.29, 1.82) is 0 Å². The standard InChI is InChI=1S/C16H23N5OS/c1-12(22)18-16-19-14(11-23-16)10-21-6-3-4-13(9-21)8-15-17-5-7-20(15)2/h5,7,11,13H,3-4,6,8-10H2,1-2H3,(H,18,19,22). The molecule has 3 rings (SSSR count). The van der Waals surface area contributed by atoms with Crippen LogP contribution < -0.4 is 5.32 Å². The van der Waals surface area contributed by atoms with Crippen LogP contribution in [0.25, 0.3) is 0 Å². The predicted octanol–water partition coefficient (Wildman–Crippen LogP) is 2.29. The van der Waals surface area contributed by atoms with E-state index in [9.17, 15) is 4.79 Å². The molecule has 3 heterocycles. The summed E-state index contributed by atoms with van der Waals surface area (Å²) in [4.78, 5) is 22.5. The quantitative estimate of drug-likeness (QED) is 0.912. The number of anilines is 1. The minimum atomic E-state index is -0.0704. The molecule has 0 aromatic carbocycles. The summed E-state index contributed by atoms with van der Waals surface area (Å²) in [5.41, 5.74) is 1.04. The van der Waals surface area contributed by atoms with Gasteiger partial charge in [0.2, 0.25) is 5.91 Å². The minimum absolute atomic E-state index is 0.0704. The van der Waals surface area contributed by atoms with Gasteiger partial charge in [-0.15, -0.1) is 11.3 Å². The highest BCUT2D eigenvalue weighted by atomic mass is 32.1. The van der Waals surface area contributed by atoms with E-state index in [0.29, 0.717) is 11.0 Å². The van der Waals surface area contributed by atoms with Crippen molar-refractivity contribution in [1.82, 2.24) is 19.4 Å². The smallest absolute Gasteiger partial charge is 0.223 e. The van der Waals surface area contributed by atoms with Crippen LogP contribution in [0.3, 0.4) is 0 Å². The minimum Gasteiger partial charge on any atom is -0.338 e. The van der Waals surface area contributed by atoms with Gasteiger partial charge in [-0.05, 0) is 25.3 Å². The van der Waals surface area contributed by atoms with Crippen LogP contribution in [0.5, 0.6) is 0 Å². The van der Waals surface area contributed by atoms with Crippen LogP contribution >= 0.6 is 11.3 Å². The molecule has 1 N–H and O–H groups in total. The first-order valence-corrected chi connectivity index (χ1v) is 8.88. The number of nitrogens with zero attached hydrogens (tertiary/aromatic N) is 4. The van der Waals surface area contributed by atoms with Gasteiger partial charge in [-0.2, -0.15) is 0 Å². The lowest BCUT2D eigenvalue weighted by molar-refractivity contribution is -0.114. The molecule has 0 aliphatic carbocycles. The Labute approximate surface area is 140 Å². The van der Waals surface area contributed by atoms with Gasteiger partial charge in [0.1, 0.15) is 5.82 Å². The summed E-state index contributed by atoms with van der Waals surface area (Å²) in [5, 5.41) is 5.47. The molecule has 0 bridgehead atoms. The van der Waals surface area contributed by atoms with Crippen molar-refractivity contribution < 1.29 is 4.79 Å². The SMILES string of the molecule is CC(=O)Nc1nc(CN2CCCC(Cc3nccn3C)C2)cs1. The van der Waals surface area contributed by atoms with E-state index in [2.05, 4.69) is 31.8 Å². The number of imidazole rings is 1. The highest BCUT2D eigenvalue weighted by molar-refractivity contribution is 7.13. The maximum atomic E-state index is 11.1. The fraction of sp³-hybridized carbons (Fsp3) is 0.562. The summed E-state index contributed by atoms with van der Waals surface area (Å²) in [6.07, 6.45) is 7.40. The van der Waals surface area contributed by atoms with Crippen LogP contribution in [-0.2, 0) is 24.8 Å². The number of nitrogens with one attached hydrogen (secondary N) is 1. The highest BCUT2D eigenvalue weighted by Gasteiger charge is 2.22. The van der Waals surface area contributed by atoms with Crippen LogP contribution in [0, 0.1) is 5.92 Å². The van der Waals surface area contributed by atoms with Crippen LogP contribution in [0.1, 0.15) is 31.3 Å². The van der Waals surface area contributed by atoms with Crippen molar-refractivity contribution >= 4 is 22.4 Å². The molecule has 23 heavy (non-hydrogen) atoms. The average Bonchev–Trinajstić information content (AvgIpc) is 3.09. The van der Waals surface area contributed by atoms with Gasteiger partial charge in [0.25, 0.3) is 0 Å². The number of amides is 1. The Bertz CT molecular complexity index is 665. The number of rotatable bonds is 5. The number of aromatic nitrogens is 3. The first-order chi connectivity index (χ1) is 11.1. The Morgan fingerprint density at radius 2 is 2.39 bits per heavy atom. The zero-order chi connectivity index (χ0) is 16.2. The number of piperidine rings is 1. The molecule has 0 radical (unpaired) electrons. The molecule has 6 nitrogen and oxygen atoms in total. The summed E-state index contributed by atoms with van der Waals surface area (Å²) >= 11 is 1.49. The van der Waals surface area contributed by atoms with Crippen LogP contribution in [-0.4, -0.2) is 38.4 Å². The third-order valence-electron chi connectivity index (χ3n) is 4.22. The van der Waals surface area contributed by atoms with Crippen LogP contribution in [0.4, 0.5) is 5.13 Å². The zero-order valence-electron chi connectivity index (χ0n) is 13.7. The van der Waals surface area contributed by atoms with E-state index in [-0.39, 0.29) is 5.91 Å². The molecule has 7 heteroatoms. The monoisotopic (exact) mass is 333 g/mol. The van der Waals surface area contributed by atoms with Gasteiger partial charge in [-0.1, -0.05) is 0 Å². The van der Waals surface area contributed by atoms with Gasteiger partial charge in [-0.25, -0.2) is 9.97 Å². The molecule has 1 aliphatic heterocycles. The summed E-state index contributed by atoms with van der Waals surface area (Å²) in [7, 11) is 2.06. The molecule has 2 aromatic heterocycles.